The molecule has 0 fully saturated rings. The van der Waals surface area contributed by atoms with Gasteiger partial charge in [0.15, 0.2) is 0 Å². The third kappa shape index (κ3) is 36.0. The molecule has 0 amide bonds. The first kappa shape index (κ1) is 75.2. The van der Waals surface area contributed by atoms with Crippen molar-refractivity contribution in [1.29, 1.82) is 0 Å². The molecule has 0 spiro atoms. The van der Waals surface area contributed by atoms with Crippen molar-refractivity contribution in [2.24, 2.45) is 9.98 Å². The molecular formula is C77H128N2Pd. The number of unbranched alkanes of at least 4 members (excludes halogenated alkanes) is 23. The molecule has 0 aliphatic heterocycles. The minimum atomic E-state index is 0. The first-order valence-corrected chi connectivity index (χ1v) is 34.6. The standard InChI is InChI=1S/C77H128N2.Pd/c1-10-18-26-31-36-41-46-51-58-71-72(59-52-47-42-37-32-27-19-11-2)74(61-54-49-44-39-34-29-21-13-4)77(75(62-55-50-45-40-35-30-22-14-5)73(71)60-53-48-43-38-33-28-20-12-3)79-76(63-25-17-8)67(9)78-70-65-68(56-23-15-6)64-69(66-70)57-24-16-7;/h36-45,64-66H,10-35,46-63H2,1-9H3;/b41-36+,42-37+,43-38+,44-39+,45-40+,78-67?,79-76?;. The van der Waals surface area contributed by atoms with E-state index < -0.39 is 0 Å². The number of aliphatic imine (C=N–C) groups is 2. The van der Waals surface area contributed by atoms with Crippen molar-refractivity contribution in [1.82, 2.24) is 0 Å². The van der Waals surface area contributed by atoms with E-state index in [0.29, 0.717) is 0 Å². The van der Waals surface area contributed by atoms with Crippen LogP contribution in [0, 0.1) is 0 Å². The van der Waals surface area contributed by atoms with E-state index >= 15 is 0 Å². The molecule has 0 saturated heterocycles. The molecule has 0 N–H and O–H groups in total. The van der Waals surface area contributed by atoms with Crippen LogP contribution >= 0.6 is 0 Å². The molecule has 3 heteroatoms. The third-order valence-corrected chi connectivity index (χ3v) is 16.1. The van der Waals surface area contributed by atoms with Crippen molar-refractivity contribution >= 4 is 22.8 Å². The number of aryl methyl sites for hydroxylation is 2. The van der Waals surface area contributed by atoms with Crippen molar-refractivity contribution < 1.29 is 20.4 Å². The average molecular weight is 1190 g/mol. The first-order chi connectivity index (χ1) is 38.9. The Morgan fingerprint density at radius 2 is 0.575 bits per heavy atom. The molecule has 2 rings (SSSR count). The second-order valence-electron chi connectivity index (χ2n) is 23.6. The second kappa shape index (κ2) is 54.1. The molecule has 0 atom stereocenters. The maximum absolute atomic E-state index is 6.22. The van der Waals surface area contributed by atoms with Gasteiger partial charge in [0.2, 0.25) is 0 Å². The normalized spacial score (nSPS) is 12.6. The molecule has 2 aromatic rings. The van der Waals surface area contributed by atoms with E-state index in [2.05, 4.69) is 141 Å². The van der Waals surface area contributed by atoms with Gasteiger partial charge in [0, 0.05) is 20.4 Å². The minimum Gasteiger partial charge on any atom is -0.252 e. The number of rotatable bonds is 52. The number of benzene rings is 2. The van der Waals surface area contributed by atoms with Crippen LogP contribution in [0.15, 0.2) is 88.9 Å². The minimum absolute atomic E-state index is 0. The van der Waals surface area contributed by atoms with Crippen molar-refractivity contribution in [2.45, 2.75) is 345 Å². The molecule has 0 aliphatic rings. The van der Waals surface area contributed by atoms with Gasteiger partial charge < -0.3 is 0 Å². The van der Waals surface area contributed by atoms with E-state index in [4.69, 9.17) is 9.98 Å². The van der Waals surface area contributed by atoms with Crippen LogP contribution in [0.1, 0.15) is 339 Å². The Balaban J connectivity index is 0.0000320. The molecule has 0 radical (unpaired) electrons. The van der Waals surface area contributed by atoms with Gasteiger partial charge in [-0.25, -0.2) is 0 Å². The largest absolute Gasteiger partial charge is 0.252 e. The molecular weight excluding hydrogens is 1060 g/mol. The van der Waals surface area contributed by atoms with Crippen molar-refractivity contribution in [3.8, 4) is 0 Å². The summed E-state index contributed by atoms with van der Waals surface area (Å²) in [6.45, 7) is 20.9. The summed E-state index contributed by atoms with van der Waals surface area (Å²) in [7, 11) is 0. The predicted octanol–water partition coefficient (Wildman–Crippen LogP) is 25.7. The molecule has 0 heterocycles. The van der Waals surface area contributed by atoms with Gasteiger partial charge in [-0.1, -0.05) is 206 Å². The van der Waals surface area contributed by atoms with E-state index in [0.717, 1.165) is 94.9 Å². The Morgan fingerprint density at radius 1 is 0.300 bits per heavy atom. The van der Waals surface area contributed by atoms with Gasteiger partial charge in [0.25, 0.3) is 0 Å². The zero-order valence-electron chi connectivity index (χ0n) is 54.3. The van der Waals surface area contributed by atoms with Crippen LogP contribution in [0.3, 0.4) is 0 Å². The van der Waals surface area contributed by atoms with E-state index in [1.807, 2.05) is 0 Å². The molecule has 0 aliphatic carbocycles. The summed E-state index contributed by atoms with van der Waals surface area (Å²) in [5.41, 5.74) is 16.0. The predicted molar refractivity (Wildman–Crippen MR) is 361 cm³/mol. The topological polar surface area (TPSA) is 24.7 Å². The van der Waals surface area contributed by atoms with Gasteiger partial charge in [-0.05, 0) is 257 Å². The van der Waals surface area contributed by atoms with Crippen molar-refractivity contribution in [3.05, 3.63) is 118 Å². The van der Waals surface area contributed by atoms with Crippen LogP contribution in [0.4, 0.5) is 11.4 Å². The monoisotopic (exact) mass is 1190 g/mol. The smallest absolute Gasteiger partial charge is 0.0703 e. The molecule has 456 valence electrons. The van der Waals surface area contributed by atoms with Crippen molar-refractivity contribution in [2.75, 3.05) is 0 Å². The zero-order valence-corrected chi connectivity index (χ0v) is 55.9. The summed E-state index contributed by atoms with van der Waals surface area (Å²) >= 11 is 0. The Kier molecular flexibility index (Phi) is 50.8. The van der Waals surface area contributed by atoms with Gasteiger partial charge >= 0.3 is 0 Å². The molecule has 2 nitrogen and oxygen atoms in total. The van der Waals surface area contributed by atoms with Crippen LogP contribution in [-0.4, -0.2) is 11.4 Å². The van der Waals surface area contributed by atoms with Gasteiger partial charge in [0.1, 0.15) is 0 Å². The molecule has 0 unspecified atom stereocenters. The van der Waals surface area contributed by atoms with Crippen LogP contribution in [0.2, 0.25) is 0 Å². The van der Waals surface area contributed by atoms with Crippen LogP contribution in [-0.2, 0) is 65.4 Å². The summed E-state index contributed by atoms with van der Waals surface area (Å²) in [4.78, 5) is 11.8. The summed E-state index contributed by atoms with van der Waals surface area (Å²) in [6, 6.07) is 7.27. The Hall–Kier alpha value is -2.86. The Morgan fingerprint density at radius 3 is 0.875 bits per heavy atom. The fourth-order valence-electron chi connectivity index (χ4n) is 11.2. The summed E-state index contributed by atoms with van der Waals surface area (Å²) < 4.78 is 0. The molecule has 2 aromatic carbocycles. The number of hydrogen-bond donors (Lipinski definition) is 0. The summed E-state index contributed by atoms with van der Waals surface area (Å²) in [5, 5.41) is 0. The summed E-state index contributed by atoms with van der Waals surface area (Å²) in [6.07, 6.45) is 78.4. The Labute approximate surface area is 512 Å². The first-order valence-electron chi connectivity index (χ1n) is 34.6. The Bertz CT molecular complexity index is 1900. The molecule has 80 heavy (non-hydrogen) atoms. The van der Waals surface area contributed by atoms with Crippen LogP contribution < -0.4 is 0 Å². The van der Waals surface area contributed by atoms with E-state index in [-0.39, 0.29) is 20.4 Å². The van der Waals surface area contributed by atoms with Gasteiger partial charge in [-0.3, -0.25) is 9.98 Å². The van der Waals surface area contributed by atoms with Crippen molar-refractivity contribution in [3.63, 3.8) is 0 Å². The van der Waals surface area contributed by atoms with E-state index in [1.165, 1.54) is 222 Å². The third-order valence-electron chi connectivity index (χ3n) is 16.1. The zero-order chi connectivity index (χ0) is 57.1. The summed E-state index contributed by atoms with van der Waals surface area (Å²) in [5.74, 6) is 0. The fourth-order valence-corrected chi connectivity index (χ4v) is 11.2. The second-order valence-corrected chi connectivity index (χ2v) is 23.6. The quantitative estimate of drug-likeness (QED) is 0.0273. The fraction of sp³-hybridized carbons (Fsp3) is 0.688. The maximum Gasteiger partial charge on any atom is 0.0703 e. The van der Waals surface area contributed by atoms with Gasteiger partial charge in [-0.15, -0.1) is 0 Å². The van der Waals surface area contributed by atoms with Gasteiger partial charge in [-0.2, -0.15) is 0 Å². The average Bonchev–Trinajstić information content (AvgIpc) is 3.61. The van der Waals surface area contributed by atoms with Crippen LogP contribution in [0.5, 0.6) is 0 Å². The maximum atomic E-state index is 6.22. The van der Waals surface area contributed by atoms with E-state index in [9.17, 15) is 0 Å². The number of nitrogens with zero attached hydrogens (tertiary/aromatic N) is 2. The van der Waals surface area contributed by atoms with Crippen LogP contribution in [0.25, 0.3) is 0 Å². The number of hydrogen-bond acceptors (Lipinski definition) is 2. The SMILES string of the molecule is CCCCC/C=C/CCCc1c(CCC/C=C/CCCCC)c(CCC/C=C/CCCCC)c(N=C(CCCC)C(C)=Nc2cc(CCCC)cc(CCCC)c2)c(CCC/C=C/CCCCC)c1CCC/C=C/CCCCC.[Pd]. The number of allylic oxidation sites excluding steroid dienone is 10. The molecule has 0 aromatic heterocycles. The van der Waals surface area contributed by atoms with E-state index in [1.54, 1.807) is 27.8 Å². The molecule has 0 saturated carbocycles. The molecule has 0 bridgehead atoms. The van der Waals surface area contributed by atoms with Gasteiger partial charge in [0.05, 0.1) is 22.8 Å².